The summed E-state index contributed by atoms with van der Waals surface area (Å²) >= 11 is 0. The van der Waals surface area contributed by atoms with Crippen LogP contribution in [0.2, 0.25) is 0 Å². The van der Waals surface area contributed by atoms with Gasteiger partial charge >= 0.3 is 0 Å². The molecule has 0 unspecified atom stereocenters. The number of hydrogen-bond acceptors (Lipinski definition) is 4. The van der Waals surface area contributed by atoms with Gasteiger partial charge in [-0.15, -0.1) is 0 Å². The van der Waals surface area contributed by atoms with E-state index in [4.69, 9.17) is 19.4 Å². The Morgan fingerprint density at radius 1 is 0.371 bits per heavy atom. The monoisotopic (exact) mass is 791 g/mol. The third kappa shape index (κ3) is 5.65. The Morgan fingerprint density at radius 2 is 0.919 bits per heavy atom. The first-order valence-corrected chi connectivity index (χ1v) is 21.0. The number of benzene rings is 8. The van der Waals surface area contributed by atoms with Gasteiger partial charge in [-0.3, -0.25) is 4.98 Å². The van der Waals surface area contributed by atoms with Gasteiger partial charge in [0.05, 0.1) is 16.8 Å². The Balaban J connectivity index is 1.12. The lowest BCUT2D eigenvalue weighted by atomic mass is 9.67. The molecule has 290 valence electrons. The number of rotatable bonds is 7. The molecular weight excluding hydrogens is 755 g/mol. The second-order valence-electron chi connectivity index (χ2n) is 15.9. The van der Waals surface area contributed by atoms with E-state index in [1.54, 1.807) is 0 Å². The van der Waals surface area contributed by atoms with Crippen LogP contribution in [0.4, 0.5) is 0 Å². The molecule has 0 fully saturated rings. The van der Waals surface area contributed by atoms with Crippen LogP contribution in [0.25, 0.3) is 89.4 Å². The van der Waals surface area contributed by atoms with Crippen molar-refractivity contribution < 1.29 is 4.42 Å². The van der Waals surface area contributed by atoms with Crippen molar-refractivity contribution in [1.82, 2.24) is 15.0 Å². The van der Waals surface area contributed by atoms with E-state index in [0.29, 0.717) is 5.82 Å². The molecule has 4 nitrogen and oxygen atoms in total. The first-order chi connectivity index (χ1) is 30.7. The minimum absolute atomic E-state index is 0.519. The average Bonchev–Trinajstić information content (AvgIpc) is 3.89. The van der Waals surface area contributed by atoms with E-state index in [-0.39, 0.29) is 0 Å². The van der Waals surface area contributed by atoms with E-state index < -0.39 is 5.41 Å². The van der Waals surface area contributed by atoms with E-state index in [2.05, 4.69) is 182 Å². The predicted molar refractivity (Wildman–Crippen MR) is 252 cm³/mol. The Morgan fingerprint density at radius 3 is 1.60 bits per heavy atom. The molecule has 11 aromatic rings. The number of pyridine rings is 1. The molecule has 1 aliphatic carbocycles. The number of para-hydroxylation sites is 1. The van der Waals surface area contributed by atoms with Crippen molar-refractivity contribution in [3.8, 4) is 67.3 Å². The first kappa shape index (κ1) is 35.7. The van der Waals surface area contributed by atoms with Crippen LogP contribution in [0.1, 0.15) is 22.3 Å². The minimum atomic E-state index is -0.519. The SMILES string of the molecule is c1ccc(-c2cc(-c3ccccc3)nc(-c3cc(-c4ccc5c(c4)C(c4ccccc4)(c4ccccc4)c4ccccc4-5)ccc3-c3ccnc4c3oc3ccccc34)n2)cc1. The zero-order valence-corrected chi connectivity index (χ0v) is 33.6. The highest BCUT2D eigenvalue weighted by atomic mass is 16.3. The van der Waals surface area contributed by atoms with Gasteiger partial charge in [0.1, 0.15) is 11.1 Å². The second kappa shape index (κ2) is 14.5. The Hall–Kier alpha value is -8.21. The highest BCUT2D eigenvalue weighted by Gasteiger charge is 2.46. The molecule has 0 N–H and O–H groups in total. The number of hydrogen-bond donors (Lipinski definition) is 0. The highest BCUT2D eigenvalue weighted by Crippen LogP contribution is 2.57. The van der Waals surface area contributed by atoms with E-state index in [9.17, 15) is 0 Å². The molecule has 3 aromatic heterocycles. The Bertz CT molecular complexity index is 3350. The number of aromatic nitrogens is 3. The van der Waals surface area contributed by atoms with E-state index >= 15 is 0 Å². The summed E-state index contributed by atoms with van der Waals surface area (Å²) in [4.78, 5) is 15.6. The first-order valence-electron chi connectivity index (χ1n) is 21.0. The zero-order chi connectivity index (χ0) is 41.0. The van der Waals surface area contributed by atoms with E-state index in [1.807, 2.05) is 42.6 Å². The van der Waals surface area contributed by atoms with Crippen molar-refractivity contribution in [1.29, 1.82) is 0 Å². The van der Waals surface area contributed by atoms with Crippen LogP contribution in [0.3, 0.4) is 0 Å². The largest absolute Gasteiger partial charge is 0.454 e. The van der Waals surface area contributed by atoms with Gasteiger partial charge in [0.15, 0.2) is 11.4 Å². The van der Waals surface area contributed by atoms with E-state index in [0.717, 1.165) is 72.4 Å². The third-order valence-electron chi connectivity index (χ3n) is 12.5. The van der Waals surface area contributed by atoms with Crippen LogP contribution in [-0.4, -0.2) is 15.0 Å². The summed E-state index contributed by atoms with van der Waals surface area (Å²) in [6, 6.07) is 77.4. The molecule has 0 amide bonds. The predicted octanol–water partition coefficient (Wildman–Crippen LogP) is 14.5. The van der Waals surface area contributed by atoms with Crippen molar-refractivity contribution >= 4 is 22.1 Å². The van der Waals surface area contributed by atoms with Crippen molar-refractivity contribution in [2.24, 2.45) is 0 Å². The van der Waals surface area contributed by atoms with Gasteiger partial charge in [0.25, 0.3) is 0 Å². The van der Waals surface area contributed by atoms with Crippen LogP contribution in [0, 0.1) is 0 Å². The maximum Gasteiger partial charge on any atom is 0.161 e. The number of furan rings is 1. The van der Waals surface area contributed by atoms with Gasteiger partial charge in [-0.05, 0) is 86.5 Å². The fourth-order valence-corrected chi connectivity index (χ4v) is 9.67. The van der Waals surface area contributed by atoms with Crippen molar-refractivity contribution in [2.75, 3.05) is 0 Å². The van der Waals surface area contributed by atoms with E-state index in [1.165, 1.54) is 33.4 Å². The summed E-state index contributed by atoms with van der Waals surface area (Å²) < 4.78 is 6.61. The molecule has 4 heteroatoms. The maximum atomic E-state index is 6.61. The molecule has 62 heavy (non-hydrogen) atoms. The van der Waals surface area contributed by atoms with Crippen LogP contribution in [0.15, 0.2) is 229 Å². The molecule has 0 radical (unpaired) electrons. The quantitative estimate of drug-likeness (QED) is 0.161. The summed E-state index contributed by atoms with van der Waals surface area (Å²) in [5, 5.41) is 0.982. The summed E-state index contributed by atoms with van der Waals surface area (Å²) in [7, 11) is 0. The lowest BCUT2D eigenvalue weighted by Gasteiger charge is -2.34. The molecule has 0 saturated heterocycles. The van der Waals surface area contributed by atoms with Crippen LogP contribution < -0.4 is 0 Å². The van der Waals surface area contributed by atoms with Gasteiger partial charge in [-0.25, -0.2) is 9.97 Å². The van der Waals surface area contributed by atoms with Gasteiger partial charge in [0, 0.05) is 33.8 Å². The van der Waals surface area contributed by atoms with Crippen LogP contribution >= 0.6 is 0 Å². The molecule has 0 atom stereocenters. The molecule has 0 spiro atoms. The lowest BCUT2D eigenvalue weighted by molar-refractivity contribution is 0.669. The molecule has 0 bridgehead atoms. The fourth-order valence-electron chi connectivity index (χ4n) is 9.67. The van der Waals surface area contributed by atoms with Crippen molar-refractivity contribution in [3.05, 3.63) is 247 Å². The lowest BCUT2D eigenvalue weighted by Crippen LogP contribution is -2.28. The van der Waals surface area contributed by atoms with Gasteiger partial charge < -0.3 is 4.42 Å². The molecule has 12 rings (SSSR count). The fraction of sp³-hybridized carbons (Fsp3) is 0.0172. The summed E-state index contributed by atoms with van der Waals surface area (Å²) in [5.41, 5.74) is 18.0. The second-order valence-corrected chi connectivity index (χ2v) is 15.9. The number of nitrogens with zero attached hydrogens (tertiary/aromatic N) is 3. The Labute approximate surface area is 359 Å². The number of fused-ring (bicyclic) bond motifs is 6. The van der Waals surface area contributed by atoms with Crippen molar-refractivity contribution in [2.45, 2.75) is 5.41 Å². The normalized spacial score (nSPS) is 12.6. The maximum absolute atomic E-state index is 6.61. The summed E-state index contributed by atoms with van der Waals surface area (Å²) in [6.45, 7) is 0. The van der Waals surface area contributed by atoms with Crippen molar-refractivity contribution in [3.63, 3.8) is 0 Å². The Kier molecular flexibility index (Phi) is 8.36. The smallest absolute Gasteiger partial charge is 0.161 e. The summed E-state index contributed by atoms with van der Waals surface area (Å²) in [6.07, 6.45) is 1.87. The summed E-state index contributed by atoms with van der Waals surface area (Å²) in [5.74, 6) is 0.625. The minimum Gasteiger partial charge on any atom is -0.454 e. The third-order valence-corrected chi connectivity index (χ3v) is 12.5. The van der Waals surface area contributed by atoms with Gasteiger partial charge in [0.2, 0.25) is 0 Å². The average molecular weight is 792 g/mol. The molecule has 0 saturated carbocycles. The molecule has 3 heterocycles. The van der Waals surface area contributed by atoms with Crippen LogP contribution in [-0.2, 0) is 5.41 Å². The standard InChI is InChI=1S/C58H37N3O/c1-5-17-38(18-6-1)52-37-53(39-19-7-2-8-20-39)61-57(60-52)49-35-40(29-31-44(49)47-33-34-59-55-48-26-14-16-28-54(48)62-56(47)55)41-30-32-46-45-25-13-15-27-50(45)58(51(46)36-41,42-21-9-3-10-22-42)43-23-11-4-12-24-43/h1-37H. The molecule has 8 aromatic carbocycles. The zero-order valence-electron chi connectivity index (χ0n) is 33.6. The highest BCUT2D eigenvalue weighted by molar-refractivity contribution is 6.08. The molecular formula is C58H37N3O. The van der Waals surface area contributed by atoms with Crippen LogP contribution in [0.5, 0.6) is 0 Å². The molecule has 1 aliphatic rings. The molecule has 0 aliphatic heterocycles. The van der Waals surface area contributed by atoms with Gasteiger partial charge in [-0.2, -0.15) is 0 Å². The van der Waals surface area contributed by atoms with Gasteiger partial charge in [-0.1, -0.05) is 182 Å². The topological polar surface area (TPSA) is 51.8 Å².